The van der Waals surface area contributed by atoms with E-state index >= 15 is 0 Å². The predicted octanol–water partition coefficient (Wildman–Crippen LogP) is 1.82. The largest absolute Gasteiger partial charge is 0.352 e. The maximum Gasteiger partial charge on any atom is 0.225 e. The quantitative estimate of drug-likeness (QED) is 0.822. The predicted molar refractivity (Wildman–Crippen MR) is 65.7 cm³/mol. The Bertz CT molecular complexity index is 391. The highest BCUT2D eigenvalue weighted by molar-refractivity contribution is 5.81. The highest BCUT2D eigenvalue weighted by atomic mass is 19.1. The molecule has 0 aliphatic carbocycles. The Morgan fingerprint density at radius 1 is 1.47 bits per heavy atom. The fourth-order valence-electron chi connectivity index (χ4n) is 1.54. The fraction of sp³-hybridized carbons (Fsp3) is 0.462. The van der Waals surface area contributed by atoms with Gasteiger partial charge in [-0.3, -0.25) is 4.79 Å². The van der Waals surface area contributed by atoms with Gasteiger partial charge in [0, 0.05) is 12.0 Å². The molecule has 0 aromatic heterocycles. The Morgan fingerprint density at radius 3 is 2.76 bits per heavy atom. The summed E-state index contributed by atoms with van der Waals surface area (Å²) in [5, 5.41) is 2.79. The molecule has 0 bridgehead atoms. The Balaban J connectivity index is 2.54. The number of nitrogens with two attached hydrogens (primary N) is 1. The lowest BCUT2D eigenvalue weighted by atomic mass is 9.88. The number of benzene rings is 1. The molecule has 94 valence electrons. The molecule has 0 spiro atoms. The normalized spacial score (nSPS) is 11.3. The third-order valence-electron chi connectivity index (χ3n) is 2.73. The number of hydrogen-bond acceptors (Lipinski definition) is 2. The van der Waals surface area contributed by atoms with Crippen molar-refractivity contribution in [3.05, 3.63) is 35.6 Å². The molecule has 0 radical (unpaired) electrons. The molecule has 1 aromatic carbocycles. The van der Waals surface area contributed by atoms with Crippen molar-refractivity contribution in [2.75, 3.05) is 6.54 Å². The molecule has 0 fully saturated rings. The summed E-state index contributed by atoms with van der Waals surface area (Å²) in [4.78, 5) is 11.9. The minimum atomic E-state index is -0.484. The van der Waals surface area contributed by atoms with Crippen molar-refractivity contribution in [3.63, 3.8) is 0 Å². The first kappa shape index (κ1) is 13.6. The van der Waals surface area contributed by atoms with Gasteiger partial charge in [0.15, 0.2) is 0 Å². The number of halogens is 1. The van der Waals surface area contributed by atoms with E-state index in [2.05, 4.69) is 5.32 Å². The van der Waals surface area contributed by atoms with E-state index < -0.39 is 5.41 Å². The van der Waals surface area contributed by atoms with E-state index in [4.69, 9.17) is 5.73 Å². The zero-order valence-corrected chi connectivity index (χ0v) is 10.3. The number of amides is 1. The summed E-state index contributed by atoms with van der Waals surface area (Å²) in [7, 11) is 0. The van der Waals surface area contributed by atoms with Crippen LogP contribution in [0, 0.1) is 11.2 Å². The number of rotatable bonds is 5. The molecule has 3 nitrogen and oxygen atoms in total. The van der Waals surface area contributed by atoms with E-state index in [0.29, 0.717) is 19.5 Å². The van der Waals surface area contributed by atoms with Crippen molar-refractivity contribution in [3.8, 4) is 0 Å². The molecule has 1 amide bonds. The fourth-order valence-corrected chi connectivity index (χ4v) is 1.54. The molecule has 1 aromatic rings. The van der Waals surface area contributed by atoms with E-state index in [9.17, 15) is 9.18 Å². The van der Waals surface area contributed by atoms with Gasteiger partial charge in [-0.2, -0.15) is 0 Å². The van der Waals surface area contributed by atoms with Crippen LogP contribution in [-0.2, 0) is 11.3 Å². The van der Waals surface area contributed by atoms with Crippen LogP contribution >= 0.6 is 0 Å². The second-order valence-electron chi connectivity index (χ2n) is 4.74. The lowest BCUT2D eigenvalue weighted by Gasteiger charge is -2.22. The van der Waals surface area contributed by atoms with Gasteiger partial charge in [0.05, 0.1) is 0 Å². The molecule has 0 aliphatic heterocycles. The lowest BCUT2D eigenvalue weighted by Crippen LogP contribution is -2.37. The van der Waals surface area contributed by atoms with Crippen molar-refractivity contribution in [1.82, 2.24) is 5.32 Å². The number of carbonyl (C=O) groups excluding carboxylic acids is 1. The number of hydrogen-bond donors (Lipinski definition) is 2. The molecule has 0 heterocycles. The zero-order chi connectivity index (χ0) is 12.9. The maximum atomic E-state index is 12.9. The molecular weight excluding hydrogens is 219 g/mol. The van der Waals surface area contributed by atoms with Crippen molar-refractivity contribution >= 4 is 5.91 Å². The van der Waals surface area contributed by atoms with Crippen LogP contribution in [-0.4, -0.2) is 12.5 Å². The zero-order valence-electron chi connectivity index (χ0n) is 10.3. The van der Waals surface area contributed by atoms with Gasteiger partial charge >= 0.3 is 0 Å². The van der Waals surface area contributed by atoms with Gasteiger partial charge in [-0.1, -0.05) is 26.0 Å². The first-order valence-corrected chi connectivity index (χ1v) is 5.68. The molecule has 0 aliphatic rings. The summed E-state index contributed by atoms with van der Waals surface area (Å²) in [5.41, 5.74) is 5.72. The smallest absolute Gasteiger partial charge is 0.225 e. The molecule has 4 heteroatoms. The van der Waals surface area contributed by atoms with Crippen LogP contribution in [0.3, 0.4) is 0 Å². The van der Waals surface area contributed by atoms with Crippen LogP contribution in [0.15, 0.2) is 24.3 Å². The van der Waals surface area contributed by atoms with Crippen molar-refractivity contribution in [2.24, 2.45) is 11.1 Å². The second-order valence-corrected chi connectivity index (χ2v) is 4.74. The standard InChI is InChI=1S/C13H19FN2O/c1-13(2,6-7-15)12(17)16-9-10-4-3-5-11(14)8-10/h3-5,8H,6-7,9,15H2,1-2H3,(H,16,17). The molecule has 1 rings (SSSR count). The van der Waals surface area contributed by atoms with Crippen LogP contribution in [0.5, 0.6) is 0 Å². The summed E-state index contributed by atoms with van der Waals surface area (Å²) < 4.78 is 12.9. The van der Waals surface area contributed by atoms with Crippen molar-refractivity contribution in [2.45, 2.75) is 26.8 Å². The van der Waals surface area contributed by atoms with Gasteiger partial charge in [0.2, 0.25) is 5.91 Å². The highest BCUT2D eigenvalue weighted by Crippen LogP contribution is 2.19. The van der Waals surface area contributed by atoms with Gasteiger partial charge in [0.25, 0.3) is 0 Å². The Morgan fingerprint density at radius 2 is 2.18 bits per heavy atom. The SMILES string of the molecule is CC(C)(CCN)C(=O)NCc1cccc(F)c1. The van der Waals surface area contributed by atoms with Crippen LogP contribution < -0.4 is 11.1 Å². The van der Waals surface area contributed by atoms with E-state index in [1.807, 2.05) is 13.8 Å². The van der Waals surface area contributed by atoms with Crippen molar-refractivity contribution in [1.29, 1.82) is 0 Å². The third-order valence-corrected chi connectivity index (χ3v) is 2.73. The monoisotopic (exact) mass is 238 g/mol. The minimum Gasteiger partial charge on any atom is -0.352 e. The van der Waals surface area contributed by atoms with Gasteiger partial charge in [0.1, 0.15) is 5.82 Å². The molecule has 0 saturated heterocycles. The molecule has 17 heavy (non-hydrogen) atoms. The van der Waals surface area contributed by atoms with E-state index in [1.54, 1.807) is 12.1 Å². The van der Waals surface area contributed by atoms with Crippen LogP contribution in [0.2, 0.25) is 0 Å². The number of carbonyl (C=O) groups is 1. The maximum absolute atomic E-state index is 12.9. The van der Waals surface area contributed by atoms with Crippen molar-refractivity contribution < 1.29 is 9.18 Å². The van der Waals surface area contributed by atoms with Gasteiger partial charge in [-0.05, 0) is 30.7 Å². The van der Waals surface area contributed by atoms with Gasteiger partial charge < -0.3 is 11.1 Å². The average molecular weight is 238 g/mol. The van der Waals surface area contributed by atoms with Gasteiger partial charge in [-0.25, -0.2) is 4.39 Å². The number of nitrogens with one attached hydrogen (secondary N) is 1. The molecule has 0 unspecified atom stereocenters. The van der Waals surface area contributed by atoms with E-state index in [1.165, 1.54) is 12.1 Å². The second kappa shape index (κ2) is 5.77. The Kier molecular flexibility index (Phi) is 4.63. The van der Waals surface area contributed by atoms with E-state index in [0.717, 1.165) is 5.56 Å². The van der Waals surface area contributed by atoms with Crippen LogP contribution in [0.25, 0.3) is 0 Å². The van der Waals surface area contributed by atoms with Crippen LogP contribution in [0.4, 0.5) is 4.39 Å². The first-order chi connectivity index (χ1) is 7.95. The molecule has 0 atom stereocenters. The van der Waals surface area contributed by atoms with E-state index in [-0.39, 0.29) is 11.7 Å². The summed E-state index contributed by atoms with van der Waals surface area (Å²) >= 11 is 0. The summed E-state index contributed by atoms with van der Waals surface area (Å²) in [5.74, 6) is -0.356. The Hall–Kier alpha value is -1.42. The molecule has 3 N–H and O–H groups in total. The highest BCUT2D eigenvalue weighted by Gasteiger charge is 2.26. The summed E-state index contributed by atoms with van der Waals surface area (Å²) in [6, 6.07) is 6.20. The van der Waals surface area contributed by atoms with Crippen LogP contribution in [0.1, 0.15) is 25.8 Å². The third kappa shape index (κ3) is 4.15. The summed E-state index contributed by atoms with van der Waals surface area (Å²) in [6.07, 6.45) is 0.627. The first-order valence-electron chi connectivity index (χ1n) is 5.68. The molecule has 0 saturated carbocycles. The molecular formula is C13H19FN2O. The topological polar surface area (TPSA) is 55.1 Å². The lowest BCUT2D eigenvalue weighted by molar-refractivity contribution is -0.129. The summed E-state index contributed by atoms with van der Waals surface area (Å²) in [6.45, 7) is 4.51. The Labute approximate surface area is 101 Å². The van der Waals surface area contributed by atoms with Gasteiger partial charge in [-0.15, -0.1) is 0 Å². The average Bonchev–Trinajstić information content (AvgIpc) is 2.26. The minimum absolute atomic E-state index is 0.0628.